The largest absolute Gasteiger partial charge is 0.437 e. The lowest BCUT2D eigenvalue weighted by atomic mass is 10.1. The van der Waals surface area contributed by atoms with E-state index in [1.165, 1.54) is 6.08 Å². The van der Waals surface area contributed by atoms with Gasteiger partial charge in [0.05, 0.1) is 12.2 Å². The highest BCUT2D eigenvalue weighted by Gasteiger charge is 2.09. The molecular formula is C21H19N3O2. The van der Waals surface area contributed by atoms with Crippen LogP contribution in [-0.4, -0.2) is 15.9 Å². The van der Waals surface area contributed by atoms with Crippen molar-refractivity contribution < 1.29 is 9.53 Å². The quantitative estimate of drug-likeness (QED) is 0.681. The Labute approximate surface area is 152 Å². The van der Waals surface area contributed by atoms with E-state index < -0.39 is 0 Å². The number of carbonyl (C=O) groups excluding carboxylic acids is 1. The second-order valence-corrected chi connectivity index (χ2v) is 5.69. The molecule has 1 N–H and O–H groups in total. The van der Waals surface area contributed by atoms with Crippen LogP contribution in [0.2, 0.25) is 0 Å². The molecule has 0 aliphatic rings. The Morgan fingerprint density at radius 3 is 2.73 bits per heavy atom. The van der Waals surface area contributed by atoms with Crippen molar-refractivity contribution in [2.75, 3.05) is 0 Å². The second kappa shape index (κ2) is 8.58. The zero-order valence-corrected chi connectivity index (χ0v) is 14.4. The van der Waals surface area contributed by atoms with Gasteiger partial charge in [0.1, 0.15) is 5.75 Å². The lowest BCUT2D eigenvalue weighted by Crippen LogP contribution is -2.24. The van der Waals surface area contributed by atoms with Gasteiger partial charge in [-0.05, 0) is 36.3 Å². The normalized spacial score (nSPS) is 11.9. The molecule has 5 nitrogen and oxygen atoms in total. The van der Waals surface area contributed by atoms with Crippen molar-refractivity contribution in [3.63, 3.8) is 0 Å². The Balaban J connectivity index is 1.62. The molecule has 0 radical (unpaired) electrons. The van der Waals surface area contributed by atoms with E-state index in [4.69, 9.17) is 4.74 Å². The Bertz CT molecular complexity index is 880. The van der Waals surface area contributed by atoms with Crippen LogP contribution in [-0.2, 0) is 4.79 Å². The molecule has 0 aliphatic heterocycles. The summed E-state index contributed by atoms with van der Waals surface area (Å²) in [6.45, 7) is 1.93. The van der Waals surface area contributed by atoms with Gasteiger partial charge >= 0.3 is 0 Å². The molecule has 3 rings (SSSR count). The first kappa shape index (κ1) is 17.4. The number of nitrogens with zero attached hydrogens (tertiary/aromatic N) is 2. The summed E-state index contributed by atoms with van der Waals surface area (Å²) < 4.78 is 5.68. The van der Waals surface area contributed by atoms with Crippen molar-refractivity contribution in [3.8, 4) is 11.6 Å². The summed E-state index contributed by atoms with van der Waals surface area (Å²) in [6.07, 6.45) is 8.03. The Kier molecular flexibility index (Phi) is 5.72. The van der Waals surface area contributed by atoms with Crippen molar-refractivity contribution in [1.82, 2.24) is 15.3 Å². The molecule has 130 valence electrons. The molecular weight excluding hydrogens is 326 g/mol. The van der Waals surface area contributed by atoms with Gasteiger partial charge in [-0.1, -0.05) is 42.5 Å². The summed E-state index contributed by atoms with van der Waals surface area (Å²) in [6, 6.07) is 17.1. The van der Waals surface area contributed by atoms with Crippen LogP contribution in [0.3, 0.4) is 0 Å². The van der Waals surface area contributed by atoms with Crippen LogP contribution in [0, 0.1) is 0 Å². The number of aromatic nitrogens is 2. The molecule has 26 heavy (non-hydrogen) atoms. The molecule has 0 spiro atoms. The zero-order valence-electron chi connectivity index (χ0n) is 14.4. The number of benzene rings is 2. The number of nitrogens with one attached hydrogen (secondary N) is 1. The molecule has 0 bridgehead atoms. The highest BCUT2D eigenvalue weighted by Crippen LogP contribution is 2.22. The van der Waals surface area contributed by atoms with Crippen molar-refractivity contribution in [3.05, 3.63) is 90.4 Å². The zero-order chi connectivity index (χ0) is 18.2. The third-order valence-electron chi connectivity index (χ3n) is 3.71. The van der Waals surface area contributed by atoms with Crippen LogP contribution < -0.4 is 10.1 Å². The fourth-order valence-electron chi connectivity index (χ4n) is 2.39. The minimum atomic E-state index is -0.159. The fourth-order valence-corrected chi connectivity index (χ4v) is 2.39. The summed E-state index contributed by atoms with van der Waals surface area (Å²) in [7, 11) is 0. The molecule has 0 saturated carbocycles. The maximum absolute atomic E-state index is 12.1. The SMILES string of the molecule is C[C@H](NC(=O)C=Cc1ccccc1)c1cccc(Oc2cnccn2)c1. The summed E-state index contributed by atoms with van der Waals surface area (Å²) in [5, 5.41) is 2.95. The van der Waals surface area contributed by atoms with Gasteiger partial charge in [-0.25, -0.2) is 4.98 Å². The van der Waals surface area contributed by atoms with Gasteiger partial charge in [0.25, 0.3) is 0 Å². The fraction of sp³-hybridized carbons (Fsp3) is 0.0952. The molecule has 1 aromatic heterocycles. The maximum atomic E-state index is 12.1. The smallest absolute Gasteiger partial charge is 0.244 e. The van der Waals surface area contributed by atoms with Crippen LogP contribution in [0.15, 0.2) is 79.3 Å². The molecule has 1 atom stereocenters. The molecule has 0 fully saturated rings. The Morgan fingerprint density at radius 2 is 1.96 bits per heavy atom. The van der Waals surface area contributed by atoms with Crippen LogP contribution in [0.4, 0.5) is 0 Å². The van der Waals surface area contributed by atoms with Crippen molar-refractivity contribution >= 4 is 12.0 Å². The second-order valence-electron chi connectivity index (χ2n) is 5.69. The summed E-state index contributed by atoms with van der Waals surface area (Å²) in [5.74, 6) is 0.915. The van der Waals surface area contributed by atoms with Gasteiger partial charge in [-0.3, -0.25) is 9.78 Å². The van der Waals surface area contributed by atoms with E-state index in [0.29, 0.717) is 11.6 Å². The van der Waals surface area contributed by atoms with Gasteiger partial charge in [-0.15, -0.1) is 0 Å². The standard InChI is InChI=1S/C21H19N3O2/c1-16(24-20(25)11-10-17-6-3-2-4-7-17)18-8-5-9-19(14-18)26-21-15-22-12-13-23-21/h2-16H,1H3,(H,24,25)/t16-/m0/s1. The third kappa shape index (κ3) is 5.01. The summed E-state index contributed by atoms with van der Waals surface area (Å²) >= 11 is 0. The van der Waals surface area contributed by atoms with Crippen LogP contribution in [0.5, 0.6) is 11.6 Å². The summed E-state index contributed by atoms with van der Waals surface area (Å²) in [5.41, 5.74) is 1.92. The molecule has 0 unspecified atom stereocenters. The average Bonchev–Trinajstić information content (AvgIpc) is 2.68. The van der Waals surface area contributed by atoms with E-state index in [1.807, 2.05) is 61.5 Å². The van der Waals surface area contributed by atoms with Crippen molar-refractivity contribution in [2.24, 2.45) is 0 Å². The Morgan fingerprint density at radius 1 is 1.12 bits per heavy atom. The topological polar surface area (TPSA) is 64.1 Å². The van der Waals surface area contributed by atoms with Crippen LogP contribution in [0.1, 0.15) is 24.1 Å². The number of hydrogen-bond acceptors (Lipinski definition) is 4. The lowest BCUT2D eigenvalue weighted by Gasteiger charge is -2.14. The first-order valence-electron chi connectivity index (χ1n) is 8.28. The number of ether oxygens (including phenoxy) is 1. The highest BCUT2D eigenvalue weighted by atomic mass is 16.5. The number of rotatable bonds is 6. The van der Waals surface area contributed by atoms with E-state index in [2.05, 4.69) is 15.3 Å². The van der Waals surface area contributed by atoms with E-state index in [-0.39, 0.29) is 11.9 Å². The minimum absolute atomic E-state index is 0.151. The van der Waals surface area contributed by atoms with E-state index in [1.54, 1.807) is 24.7 Å². The molecule has 1 amide bonds. The monoisotopic (exact) mass is 345 g/mol. The summed E-state index contributed by atoms with van der Waals surface area (Å²) in [4.78, 5) is 20.2. The van der Waals surface area contributed by atoms with Crippen LogP contribution in [0.25, 0.3) is 6.08 Å². The van der Waals surface area contributed by atoms with Crippen molar-refractivity contribution in [2.45, 2.75) is 13.0 Å². The number of carbonyl (C=O) groups is 1. The van der Waals surface area contributed by atoms with Gasteiger partial charge in [0.15, 0.2) is 0 Å². The molecule has 0 aliphatic carbocycles. The number of hydrogen-bond donors (Lipinski definition) is 1. The molecule has 1 heterocycles. The van der Waals surface area contributed by atoms with Gasteiger partial charge < -0.3 is 10.1 Å². The average molecular weight is 345 g/mol. The first-order valence-corrected chi connectivity index (χ1v) is 8.28. The van der Waals surface area contributed by atoms with E-state index in [9.17, 15) is 4.79 Å². The van der Waals surface area contributed by atoms with Crippen molar-refractivity contribution in [1.29, 1.82) is 0 Å². The van der Waals surface area contributed by atoms with E-state index >= 15 is 0 Å². The third-order valence-corrected chi connectivity index (χ3v) is 3.71. The van der Waals surface area contributed by atoms with Gasteiger partial charge in [0, 0.05) is 18.5 Å². The molecule has 2 aromatic carbocycles. The lowest BCUT2D eigenvalue weighted by molar-refractivity contribution is -0.117. The van der Waals surface area contributed by atoms with Gasteiger partial charge in [0.2, 0.25) is 11.8 Å². The van der Waals surface area contributed by atoms with E-state index in [0.717, 1.165) is 11.1 Å². The van der Waals surface area contributed by atoms with Crippen LogP contribution >= 0.6 is 0 Å². The van der Waals surface area contributed by atoms with Gasteiger partial charge in [-0.2, -0.15) is 0 Å². The Hall–Kier alpha value is -3.47. The highest BCUT2D eigenvalue weighted by molar-refractivity contribution is 5.91. The maximum Gasteiger partial charge on any atom is 0.244 e. The molecule has 3 aromatic rings. The molecule has 5 heteroatoms. The number of amides is 1. The predicted octanol–water partition coefficient (Wildman–Crippen LogP) is 4.16. The predicted molar refractivity (Wildman–Crippen MR) is 101 cm³/mol. The molecule has 0 saturated heterocycles. The minimum Gasteiger partial charge on any atom is -0.437 e. The first-order chi connectivity index (χ1) is 12.7.